The second-order valence-corrected chi connectivity index (χ2v) is 4.61. The number of nitriles is 1. The molecule has 0 radical (unpaired) electrons. The first-order chi connectivity index (χ1) is 10.8. The minimum absolute atomic E-state index is 0.549. The minimum Gasteiger partial charge on any atom is -0.490 e. The Morgan fingerprint density at radius 2 is 1.68 bits per heavy atom. The molecule has 0 aliphatic carbocycles. The molecule has 0 bridgehead atoms. The highest BCUT2D eigenvalue weighted by atomic mass is 16.5. The smallest absolute Gasteiger partial charge is 0.161 e. The van der Waals surface area contributed by atoms with Crippen LogP contribution in [0, 0.1) is 11.3 Å². The van der Waals surface area contributed by atoms with Gasteiger partial charge >= 0.3 is 0 Å². The zero-order valence-electron chi connectivity index (χ0n) is 12.9. The third kappa shape index (κ3) is 3.89. The highest BCUT2D eigenvalue weighted by Gasteiger charge is 2.09. The van der Waals surface area contributed by atoms with E-state index in [1.807, 2.05) is 68.5 Å². The van der Waals surface area contributed by atoms with E-state index in [4.69, 9.17) is 9.47 Å². The molecule has 0 aromatic heterocycles. The van der Waals surface area contributed by atoms with Crippen LogP contribution in [-0.4, -0.2) is 13.2 Å². The van der Waals surface area contributed by atoms with Crippen molar-refractivity contribution in [3.05, 3.63) is 59.7 Å². The molecular weight excluding hydrogens is 274 g/mol. The Morgan fingerprint density at radius 1 is 1.00 bits per heavy atom. The Morgan fingerprint density at radius 3 is 2.32 bits per heavy atom. The number of nitrogens with zero attached hydrogens (tertiary/aromatic N) is 1. The van der Waals surface area contributed by atoms with Gasteiger partial charge < -0.3 is 9.47 Å². The van der Waals surface area contributed by atoms with Crippen molar-refractivity contribution < 1.29 is 9.47 Å². The Balaban J connectivity index is 2.40. The molecule has 0 spiro atoms. The van der Waals surface area contributed by atoms with Gasteiger partial charge in [-0.3, -0.25) is 0 Å². The van der Waals surface area contributed by atoms with Crippen LogP contribution in [0.5, 0.6) is 11.5 Å². The summed E-state index contributed by atoms with van der Waals surface area (Å²) in [4.78, 5) is 0. The number of allylic oxidation sites excluding steroid dienone is 1. The van der Waals surface area contributed by atoms with Crippen LogP contribution in [0.1, 0.15) is 25.0 Å². The predicted molar refractivity (Wildman–Crippen MR) is 88.7 cm³/mol. The van der Waals surface area contributed by atoms with E-state index in [-0.39, 0.29) is 0 Å². The summed E-state index contributed by atoms with van der Waals surface area (Å²) in [5, 5.41) is 9.44. The lowest BCUT2D eigenvalue weighted by molar-refractivity contribution is 0.287. The largest absolute Gasteiger partial charge is 0.490 e. The quantitative estimate of drug-likeness (QED) is 0.579. The Hall–Kier alpha value is -2.73. The van der Waals surface area contributed by atoms with Gasteiger partial charge in [0, 0.05) is 0 Å². The standard InChI is InChI=1S/C19H19NO2/c1-3-21-18-11-10-16(13-19(18)22-4-2)17(14-20)12-15-8-6-5-7-9-15/h5-13H,3-4H2,1-2H3/b17-12+. The summed E-state index contributed by atoms with van der Waals surface area (Å²) in [6.45, 7) is 4.98. The molecule has 0 saturated carbocycles. The molecule has 22 heavy (non-hydrogen) atoms. The minimum atomic E-state index is 0.549. The molecular formula is C19H19NO2. The SMILES string of the molecule is CCOc1ccc(/C(C#N)=C/c2ccccc2)cc1OCC. The van der Waals surface area contributed by atoms with E-state index >= 15 is 0 Å². The third-order valence-electron chi connectivity index (χ3n) is 3.09. The maximum Gasteiger partial charge on any atom is 0.161 e. The van der Waals surface area contributed by atoms with Crippen molar-refractivity contribution in [2.75, 3.05) is 13.2 Å². The van der Waals surface area contributed by atoms with Crippen LogP contribution in [0.15, 0.2) is 48.5 Å². The van der Waals surface area contributed by atoms with Gasteiger partial charge in [-0.2, -0.15) is 5.26 Å². The molecule has 0 saturated heterocycles. The van der Waals surface area contributed by atoms with Crippen LogP contribution in [-0.2, 0) is 0 Å². The van der Waals surface area contributed by atoms with Crippen LogP contribution >= 0.6 is 0 Å². The fraction of sp³-hybridized carbons (Fsp3) is 0.211. The number of hydrogen-bond acceptors (Lipinski definition) is 3. The maximum atomic E-state index is 9.44. The molecule has 0 heterocycles. The van der Waals surface area contributed by atoms with Gasteiger partial charge in [-0.05, 0) is 49.2 Å². The number of hydrogen-bond donors (Lipinski definition) is 0. The average molecular weight is 293 g/mol. The molecule has 0 amide bonds. The van der Waals surface area contributed by atoms with Crippen LogP contribution in [0.25, 0.3) is 11.6 Å². The molecule has 2 rings (SSSR count). The van der Waals surface area contributed by atoms with Crippen LogP contribution in [0.4, 0.5) is 0 Å². The van der Waals surface area contributed by atoms with E-state index in [2.05, 4.69) is 6.07 Å². The second kappa shape index (κ2) is 7.90. The number of ether oxygens (including phenoxy) is 2. The number of rotatable bonds is 6. The fourth-order valence-electron chi connectivity index (χ4n) is 2.11. The van der Waals surface area contributed by atoms with Gasteiger partial charge in [0.2, 0.25) is 0 Å². The second-order valence-electron chi connectivity index (χ2n) is 4.61. The lowest BCUT2D eigenvalue weighted by Gasteiger charge is -2.12. The first-order valence-electron chi connectivity index (χ1n) is 7.35. The summed E-state index contributed by atoms with van der Waals surface area (Å²) in [5.41, 5.74) is 2.40. The van der Waals surface area contributed by atoms with Crippen molar-refractivity contribution in [3.8, 4) is 17.6 Å². The summed E-state index contributed by atoms with van der Waals surface area (Å²) >= 11 is 0. The summed E-state index contributed by atoms with van der Waals surface area (Å²) in [7, 11) is 0. The van der Waals surface area contributed by atoms with E-state index in [0.717, 1.165) is 11.1 Å². The molecule has 0 aliphatic heterocycles. The lowest BCUT2D eigenvalue weighted by atomic mass is 10.0. The molecule has 2 aromatic carbocycles. The summed E-state index contributed by atoms with van der Waals surface area (Å²) in [5.74, 6) is 1.36. The Bertz CT molecular complexity index is 684. The van der Waals surface area contributed by atoms with E-state index in [0.29, 0.717) is 30.3 Å². The van der Waals surface area contributed by atoms with Gasteiger partial charge in [0.05, 0.1) is 24.9 Å². The third-order valence-corrected chi connectivity index (χ3v) is 3.09. The highest BCUT2D eigenvalue weighted by molar-refractivity contribution is 5.90. The van der Waals surface area contributed by atoms with Crippen LogP contribution in [0.3, 0.4) is 0 Å². The van der Waals surface area contributed by atoms with Crippen molar-refractivity contribution in [1.82, 2.24) is 0 Å². The van der Waals surface area contributed by atoms with Crippen molar-refractivity contribution in [2.24, 2.45) is 0 Å². The highest BCUT2D eigenvalue weighted by Crippen LogP contribution is 2.31. The Kier molecular flexibility index (Phi) is 5.62. The van der Waals surface area contributed by atoms with E-state index in [9.17, 15) is 5.26 Å². The molecule has 112 valence electrons. The summed E-state index contributed by atoms with van der Waals surface area (Å²) in [6.07, 6.45) is 1.87. The zero-order valence-corrected chi connectivity index (χ0v) is 12.9. The normalized spacial score (nSPS) is 10.9. The van der Waals surface area contributed by atoms with Crippen molar-refractivity contribution >= 4 is 11.6 Å². The molecule has 0 unspecified atom stereocenters. The zero-order chi connectivity index (χ0) is 15.8. The average Bonchev–Trinajstić information content (AvgIpc) is 2.56. The molecule has 0 aliphatic rings. The molecule has 2 aromatic rings. The van der Waals surface area contributed by atoms with E-state index in [1.54, 1.807) is 0 Å². The predicted octanol–water partition coefficient (Wildman–Crippen LogP) is 4.55. The molecule has 0 atom stereocenters. The lowest BCUT2D eigenvalue weighted by Crippen LogP contribution is -1.99. The van der Waals surface area contributed by atoms with Gasteiger partial charge in [-0.15, -0.1) is 0 Å². The topological polar surface area (TPSA) is 42.2 Å². The van der Waals surface area contributed by atoms with Crippen LogP contribution in [0.2, 0.25) is 0 Å². The van der Waals surface area contributed by atoms with Crippen LogP contribution < -0.4 is 9.47 Å². The molecule has 0 fully saturated rings. The first-order valence-corrected chi connectivity index (χ1v) is 7.35. The maximum absolute atomic E-state index is 9.44. The fourth-order valence-corrected chi connectivity index (χ4v) is 2.11. The number of benzene rings is 2. The van der Waals surface area contributed by atoms with Gasteiger partial charge in [-0.25, -0.2) is 0 Å². The van der Waals surface area contributed by atoms with Crippen molar-refractivity contribution in [1.29, 1.82) is 5.26 Å². The summed E-state index contributed by atoms with van der Waals surface area (Å²) < 4.78 is 11.2. The molecule has 3 nitrogen and oxygen atoms in total. The van der Waals surface area contributed by atoms with E-state index < -0.39 is 0 Å². The van der Waals surface area contributed by atoms with E-state index in [1.165, 1.54) is 0 Å². The van der Waals surface area contributed by atoms with Gasteiger partial charge in [0.15, 0.2) is 11.5 Å². The van der Waals surface area contributed by atoms with Crippen molar-refractivity contribution in [3.63, 3.8) is 0 Å². The molecule has 3 heteroatoms. The van der Waals surface area contributed by atoms with Gasteiger partial charge in [-0.1, -0.05) is 30.3 Å². The van der Waals surface area contributed by atoms with Gasteiger partial charge in [0.25, 0.3) is 0 Å². The molecule has 0 N–H and O–H groups in total. The van der Waals surface area contributed by atoms with Crippen molar-refractivity contribution in [2.45, 2.75) is 13.8 Å². The van der Waals surface area contributed by atoms with Gasteiger partial charge in [0.1, 0.15) is 0 Å². The summed E-state index contributed by atoms with van der Waals surface area (Å²) in [6, 6.07) is 17.6. The Labute approximate surface area is 131 Å². The monoisotopic (exact) mass is 293 g/mol. The first kappa shape index (κ1) is 15.7.